The number of hydrogen-bond acceptors (Lipinski definition) is 4. The molecule has 0 bridgehead atoms. The highest BCUT2D eigenvalue weighted by Crippen LogP contribution is 2.28. The summed E-state index contributed by atoms with van der Waals surface area (Å²) in [7, 11) is 0. The lowest BCUT2D eigenvalue weighted by Crippen LogP contribution is -2.17. The second-order valence-corrected chi connectivity index (χ2v) is 4.25. The summed E-state index contributed by atoms with van der Waals surface area (Å²) >= 11 is 1.63. The Morgan fingerprint density at radius 1 is 1.58 bits per heavy atom. The van der Waals surface area contributed by atoms with E-state index in [1.165, 1.54) is 23.5 Å². The Bertz CT molecular complexity index is 258. The van der Waals surface area contributed by atoms with Crippen molar-refractivity contribution in [2.75, 3.05) is 12.3 Å². The second-order valence-electron chi connectivity index (χ2n) is 3.13. The topological polar surface area (TPSA) is 42.2 Å². The monoisotopic (exact) mass is 183 g/mol. The van der Waals surface area contributed by atoms with E-state index in [-0.39, 0.29) is 0 Å². The summed E-state index contributed by atoms with van der Waals surface area (Å²) in [5, 5.41) is 0.719. The molecule has 0 fully saturated rings. The average Bonchev–Trinajstić information content (AvgIpc) is 2.44. The minimum atomic E-state index is 0.719. The summed E-state index contributed by atoms with van der Waals surface area (Å²) in [4.78, 5) is 8.05. The summed E-state index contributed by atoms with van der Waals surface area (Å²) in [6.45, 7) is 5.42. The Hall–Kier alpha value is -0.610. The summed E-state index contributed by atoms with van der Waals surface area (Å²) in [5.41, 5.74) is 6.80. The molecule has 0 unspecified atom stereocenters. The maximum absolute atomic E-state index is 5.60. The molecule has 0 spiro atoms. The van der Waals surface area contributed by atoms with Crippen LogP contribution in [0.3, 0.4) is 0 Å². The van der Waals surface area contributed by atoms with Crippen molar-refractivity contribution in [1.29, 1.82) is 0 Å². The molecular formula is C8H13N3S. The third kappa shape index (κ3) is 1.32. The van der Waals surface area contributed by atoms with Crippen molar-refractivity contribution in [3.8, 4) is 0 Å². The minimum Gasteiger partial charge on any atom is -0.375 e. The number of thiazole rings is 1. The highest BCUT2D eigenvalue weighted by molar-refractivity contribution is 7.15. The van der Waals surface area contributed by atoms with E-state index in [0.29, 0.717) is 0 Å². The Morgan fingerprint density at radius 3 is 3.08 bits per heavy atom. The quantitative estimate of drug-likeness (QED) is 0.754. The van der Waals surface area contributed by atoms with Crippen LogP contribution in [0.1, 0.15) is 23.9 Å². The molecule has 2 heterocycles. The molecule has 0 atom stereocenters. The van der Waals surface area contributed by atoms with Gasteiger partial charge in [0.1, 0.15) is 0 Å². The molecule has 1 aliphatic rings. The number of nitrogens with zero attached hydrogens (tertiary/aromatic N) is 2. The highest BCUT2D eigenvalue weighted by Gasteiger charge is 2.21. The maximum atomic E-state index is 5.60. The average molecular weight is 183 g/mol. The van der Waals surface area contributed by atoms with Crippen molar-refractivity contribution >= 4 is 16.5 Å². The number of nitrogens with two attached hydrogens (primary N) is 1. The zero-order chi connectivity index (χ0) is 8.55. The Labute approximate surface area is 76.2 Å². The fraction of sp³-hybridized carbons (Fsp3) is 0.625. The fourth-order valence-electron chi connectivity index (χ4n) is 1.60. The largest absolute Gasteiger partial charge is 0.375 e. The van der Waals surface area contributed by atoms with E-state index < -0.39 is 0 Å². The van der Waals surface area contributed by atoms with Gasteiger partial charge >= 0.3 is 0 Å². The summed E-state index contributed by atoms with van der Waals surface area (Å²) in [6, 6.07) is 0. The van der Waals surface area contributed by atoms with Gasteiger partial charge in [0, 0.05) is 18.0 Å². The van der Waals surface area contributed by atoms with Crippen LogP contribution in [-0.2, 0) is 13.1 Å². The molecule has 1 aliphatic heterocycles. The first-order valence-corrected chi connectivity index (χ1v) is 5.07. The highest BCUT2D eigenvalue weighted by atomic mass is 32.1. The predicted molar refractivity (Wildman–Crippen MR) is 50.9 cm³/mol. The lowest BCUT2D eigenvalue weighted by Gasteiger charge is -2.11. The molecule has 0 saturated carbocycles. The van der Waals surface area contributed by atoms with Gasteiger partial charge in [-0.25, -0.2) is 4.98 Å². The first-order valence-electron chi connectivity index (χ1n) is 4.26. The number of rotatable bonds is 2. The molecule has 12 heavy (non-hydrogen) atoms. The lowest BCUT2D eigenvalue weighted by molar-refractivity contribution is 0.284. The van der Waals surface area contributed by atoms with Crippen LogP contribution in [0.25, 0.3) is 0 Å². The van der Waals surface area contributed by atoms with E-state index in [1.54, 1.807) is 11.3 Å². The molecular weight excluding hydrogens is 170 g/mol. The number of anilines is 1. The molecule has 0 aromatic carbocycles. The molecule has 1 aromatic rings. The summed E-state index contributed by atoms with van der Waals surface area (Å²) in [5.74, 6) is 0. The Kier molecular flexibility index (Phi) is 2.02. The van der Waals surface area contributed by atoms with Crippen molar-refractivity contribution in [3.63, 3.8) is 0 Å². The van der Waals surface area contributed by atoms with E-state index >= 15 is 0 Å². The molecule has 66 valence electrons. The van der Waals surface area contributed by atoms with Crippen LogP contribution >= 0.6 is 11.3 Å². The smallest absolute Gasteiger partial charge is 0.180 e. The number of fused-ring (bicyclic) bond motifs is 1. The van der Waals surface area contributed by atoms with Crippen LogP contribution in [-0.4, -0.2) is 16.4 Å². The van der Waals surface area contributed by atoms with Gasteiger partial charge in [-0.05, 0) is 13.0 Å². The molecule has 0 saturated heterocycles. The van der Waals surface area contributed by atoms with Gasteiger partial charge in [-0.1, -0.05) is 6.92 Å². The van der Waals surface area contributed by atoms with E-state index in [1.807, 2.05) is 0 Å². The van der Waals surface area contributed by atoms with Gasteiger partial charge < -0.3 is 5.73 Å². The summed E-state index contributed by atoms with van der Waals surface area (Å²) < 4.78 is 0. The van der Waals surface area contributed by atoms with E-state index in [0.717, 1.165) is 18.2 Å². The number of hydrogen-bond donors (Lipinski definition) is 1. The maximum Gasteiger partial charge on any atom is 0.180 e. The standard InChI is InChI=1S/C8H13N3S/c1-2-3-11-4-6-7(5-11)12-8(9)10-6/h2-5H2,1H3,(H2,9,10). The van der Waals surface area contributed by atoms with Crippen molar-refractivity contribution in [1.82, 2.24) is 9.88 Å². The van der Waals surface area contributed by atoms with Crippen molar-refractivity contribution in [2.24, 2.45) is 0 Å². The van der Waals surface area contributed by atoms with Crippen LogP contribution in [0.2, 0.25) is 0 Å². The molecule has 4 heteroatoms. The Morgan fingerprint density at radius 2 is 2.42 bits per heavy atom. The zero-order valence-corrected chi connectivity index (χ0v) is 8.02. The molecule has 1 aromatic heterocycles. The SMILES string of the molecule is CCCN1Cc2nc(N)sc2C1. The molecule has 0 aliphatic carbocycles. The van der Waals surface area contributed by atoms with E-state index in [9.17, 15) is 0 Å². The van der Waals surface area contributed by atoms with Crippen molar-refractivity contribution in [2.45, 2.75) is 26.4 Å². The minimum absolute atomic E-state index is 0.719. The van der Waals surface area contributed by atoms with Crippen molar-refractivity contribution < 1.29 is 0 Å². The van der Waals surface area contributed by atoms with Crippen LogP contribution < -0.4 is 5.73 Å². The lowest BCUT2D eigenvalue weighted by atomic mass is 10.4. The van der Waals surface area contributed by atoms with Gasteiger partial charge in [0.05, 0.1) is 5.69 Å². The molecule has 2 rings (SSSR count). The van der Waals surface area contributed by atoms with Crippen molar-refractivity contribution in [3.05, 3.63) is 10.6 Å². The zero-order valence-electron chi connectivity index (χ0n) is 7.21. The van der Waals surface area contributed by atoms with Crippen LogP contribution in [0.5, 0.6) is 0 Å². The van der Waals surface area contributed by atoms with Gasteiger partial charge in [-0.2, -0.15) is 0 Å². The number of aromatic nitrogens is 1. The first-order chi connectivity index (χ1) is 5.79. The molecule has 3 nitrogen and oxygen atoms in total. The van der Waals surface area contributed by atoms with E-state index in [4.69, 9.17) is 5.73 Å². The van der Waals surface area contributed by atoms with E-state index in [2.05, 4.69) is 16.8 Å². The van der Waals surface area contributed by atoms with Gasteiger partial charge in [0.25, 0.3) is 0 Å². The van der Waals surface area contributed by atoms with Gasteiger partial charge in [-0.3, -0.25) is 4.90 Å². The summed E-state index contributed by atoms with van der Waals surface area (Å²) in [6.07, 6.45) is 1.21. The number of nitrogen functional groups attached to an aromatic ring is 1. The third-order valence-electron chi connectivity index (χ3n) is 2.08. The molecule has 2 N–H and O–H groups in total. The third-order valence-corrected chi connectivity index (χ3v) is 2.99. The normalized spacial score (nSPS) is 16.8. The van der Waals surface area contributed by atoms with Gasteiger partial charge in [0.2, 0.25) is 0 Å². The predicted octanol–water partition coefficient (Wildman–Crippen LogP) is 1.45. The fourth-order valence-corrected chi connectivity index (χ4v) is 2.48. The van der Waals surface area contributed by atoms with Crippen LogP contribution in [0, 0.1) is 0 Å². The Balaban J connectivity index is 2.08. The molecule has 0 amide bonds. The van der Waals surface area contributed by atoms with Gasteiger partial charge in [0.15, 0.2) is 5.13 Å². The van der Waals surface area contributed by atoms with Crippen LogP contribution in [0.4, 0.5) is 5.13 Å². The first kappa shape index (κ1) is 8.01. The van der Waals surface area contributed by atoms with Gasteiger partial charge in [-0.15, -0.1) is 11.3 Å². The molecule has 0 radical (unpaired) electrons. The van der Waals surface area contributed by atoms with Crippen LogP contribution in [0.15, 0.2) is 0 Å². The second kappa shape index (κ2) is 3.03.